The molecule has 1 aliphatic heterocycles. The summed E-state index contributed by atoms with van der Waals surface area (Å²) in [5.74, 6) is 0.112. The van der Waals surface area contributed by atoms with Crippen molar-refractivity contribution >= 4 is 5.91 Å². The van der Waals surface area contributed by atoms with Gasteiger partial charge in [0, 0.05) is 13.0 Å². The van der Waals surface area contributed by atoms with Crippen molar-refractivity contribution in [3.63, 3.8) is 0 Å². The molecule has 1 fully saturated rings. The summed E-state index contributed by atoms with van der Waals surface area (Å²) in [5, 5.41) is 10.7. The lowest BCUT2D eigenvalue weighted by molar-refractivity contribution is -0.141. The summed E-state index contributed by atoms with van der Waals surface area (Å²) in [4.78, 5) is 35.3. The predicted octanol–water partition coefficient (Wildman–Crippen LogP) is 3.73. The molecule has 6 nitrogen and oxygen atoms in total. The number of nitrogens with zero attached hydrogens (tertiary/aromatic N) is 2. The fraction of sp³-hybridized carbons (Fsp3) is 0.370. The minimum Gasteiger partial charge on any atom is -0.378 e. The fourth-order valence-electron chi connectivity index (χ4n) is 4.82. The molecule has 0 spiro atoms. The smallest absolute Gasteiger partial charge is 0.256 e. The summed E-state index contributed by atoms with van der Waals surface area (Å²) >= 11 is 0. The summed E-state index contributed by atoms with van der Waals surface area (Å²) in [7, 11) is 0. The van der Waals surface area contributed by atoms with Gasteiger partial charge in [0.15, 0.2) is 6.10 Å². The van der Waals surface area contributed by atoms with E-state index in [9.17, 15) is 19.1 Å². The van der Waals surface area contributed by atoms with Gasteiger partial charge in [-0.05, 0) is 47.6 Å². The summed E-state index contributed by atoms with van der Waals surface area (Å²) < 4.78 is 13.8. The van der Waals surface area contributed by atoms with Crippen molar-refractivity contribution in [3.05, 3.63) is 98.5 Å². The Morgan fingerprint density at radius 3 is 2.59 bits per heavy atom. The number of amides is 1. The van der Waals surface area contributed by atoms with Gasteiger partial charge in [0.1, 0.15) is 11.6 Å². The number of halogens is 1. The van der Waals surface area contributed by atoms with E-state index in [-0.39, 0.29) is 23.8 Å². The molecule has 1 aliphatic carbocycles. The van der Waals surface area contributed by atoms with Gasteiger partial charge in [-0.15, -0.1) is 0 Å². The van der Waals surface area contributed by atoms with Crippen LogP contribution in [-0.4, -0.2) is 32.4 Å². The highest BCUT2D eigenvalue weighted by atomic mass is 19.1. The Morgan fingerprint density at radius 1 is 1.15 bits per heavy atom. The molecule has 1 saturated carbocycles. The molecule has 2 heterocycles. The van der Waals surface area contributed by atoms with Gasteiger partial charge in [-0.1, -0.05) is 50.2 Å². The Kier molecular flexibility index (Phi) is 5.60. The molecule has 1 atom stereocenters. The highest BCUT2D eigenvalue weighted by molar-refractivity contribution is 5.82. The average Bonchev–Trinajstić information content (AvgIpc) is 3.65. The van der Waals surface area contributed by atoms with Crippen LogP contribution < -0.4 is 5.56 Å². The molecule has 34 heavy (non-hydrogen) atoms. The van der Waals surface area contributed by atoms with Gasteiger partial charge in [0.2, 0.25) is 0 Å². The largest absolute Gasteiger partial charge is 0.378 e. The maximum atomic E-state index is 13.8. The number of rotatable bonds is 5. The lowest BCUT2D eigenvalue weighted by Gasteiger charge is -2.30. The quantitative estimate of drug-likeness (QED) is 0.606. The molecule has 7 heteroatoms. The number of hydrogen-bond donors (Lipinski definition) is 2. The van der Waals surface area contributed by atoms with Gasteiger partial charge in [-0.25, -0.2) is 9.37 Å². The van der Waals surface area contributed by atoms with E-state index in [4.69, 9.17) is 4.98 Å². The Balaban J connectivity index is 1.38. The molecular formula is C27H28FN3O3. The number of aliphatic hydroxyl groups is 1. The summed E-state index contributed by atoms with van der Waals surface area (Å²) in [6.45, 7) is 4.59. The summed E-state index contributed by atoms with van der Waals surface area (Å²) in [6, 6.07) is 13.9. The van der Waals surface area contributed by atoms with E-state index < -0.39 is 17.4 Å². The Morgan fingerprint density at radius 2 is 1.88 bits per heavy atom. The van der Waals surface area contributed by atoms with Crippen LogP contribution in [0.1, 0.15) is 72.5 Å². The molecular weight excluding hydrogens is 433 g/mol. The van der Waals surface area contributed by atoms with Crippen LogP contribution in [0.3, 0.4) is 0 Å². The average molecular weight is 462 g/mol. The number of benzene rings is 2. The molecule has 176 valence electrons. The second kappa shape index (κ2) is 8.47. The minimum absolute atomic E-state index is 0.102. The topological polar surface area (TPSA) is 86.3 Å². The molecule has 2 aliphatic rings. The molecule has 5 rings (SSSR count). The Labute approximate surface area is 197 Å². The van der Waals surface area contributed by atoms with Gasteiger partial charge in [0.25, 0.3) is 11.5 Å². The molecule has 0 radical (unpaired) electrons. The van der Waals surface area contributed by atoms with Crippen LogP contribution in [0.25, 0.3) is 0 Å². The highest BCUT2D eigenvalue weighted by Crippen LogP contribution is 2.52. The SMILES string of the molecule is CC(C)c1cccc(C(O)C(=O)N2CCc3nc(C4(c5cccc(F)c5)CC4)[nH]c(=O)c3C2)c1. The van der Waals surface area contributed by atoms with E-state index in [1.54, 1.807) is 12.1 Å². The minimum atomic E-state index is -1.28. The molecule has 0 bridgehead atoms. The van der Waals surface area contributed by atoms with Crippen LogP contribution in [0.4, 0.5) is 4.39 Å². The first-order chi connectivity index (χ1) is 16.3. The number of carbonyl (C=O) groups is 1. The standard InChI is InChI=1S/C27H28FN3O3/c1-16(2)17-5-3-6-18(13-17)23(32)25(34)31-12-9-22-21(15-31)24(33)30-26(29-22)27(10-11-27)19-7-4-8-20(28)14-19/h3-8,13-14,16,23,32H,9-12,15H2,1-2H3,(H,29,30,33). The van der Waals surface area contributed by atoms with Gasteiger partial charge < -0.3 is 15.0 Å². The first kappa shape index (κ1) is 22.5. The lowest BCUT2D eigenvalue weighted by Crippen LogP contribution is -2.42. The van der Waals surface area contributed by atoms with Crippen molar-refractivity contribution < 1.29 is 14.3 Å². The van der Waals surface area contributed by atoms with E-state index in [1.165, 1.54) is 17.0 Å². The number of aromatic nitrogens is 2. The van der Waals surface area contributed by atoms with Crippen molar-refractivity contribution in [1.29, 1.82) is 0 Å². The number of hydrogen-bond acceptors (Lipinski definition) is 4. The third-order valence-corrected chi connectivity index (χ3v) is 7.09. The van der Waals surface area contributed by atoms with Crippen LogP contribution in [0.15, 0.2) is 53.3 Å². The first-order valence-corrected chi connectivity index (χ1v) is 11.7. The van der Waals surface area contributed by atoms with Gasteiger partial charge >= 0.3 is 0 Å². The third-order valence-electron chi connectivity index (χ3n) is 7.09. The van der Waals surface area contributed by atoms with E-state index in [2.05, 4.69) is 18.8 Å². The van der Waals surface area contributed by atoms with Crippen molar-refractivity contribution in [2.24, 2.45) is 0 Å². The molecule has 2 aromatic carbocycles. The van der Waals surface area contributed by atoms with Gasteiger partial charge in [-0.2, -0.15) is 0 Å². The first-order valence-electron chi connectivity index (χ1n) is 11.7. The van der Waals surface area contributed by atoms with E-state index in [0.717, 1.165) is 24.0 Å². The van der Waals surface area contributed by atoms with Gasteiger partial charge in [0.05, 0.1) is 23.2 Å². The van der Waals surface area contributed by atoms with E-state index >= 15 is 0 Å². The Bertz CT molecular complexity index is 1310. The zero-order chi connectivity index (χ0) is 24.0. The predicted molar refractivity (Wildman–Crippen MR) is 126 cm³/mol. The molecule has 1 amide bonds. The second-order valence-corrected chi connectivity index (χ2v) is 9.67. The molecule has 3 aromatic rings. The van der Waals surface area contributed by atoms with Crippen molar-refractivity contribution in [1.82, 2.24) is 14.9 Å². The van der Waals surface area contributed by atoms with Crippen LogP contribution in [-0.2, 0) is 23.2 Å². The summed E-state index contributed by atoms with van der Waals surface area (Å²) in [6.07, 6.45) is 0.736. The molecule has 1 aromatic heterocycles. The van der Waals surface area contributed by atoms with Crippen LogP contribution in [0.2, 0.25) is 0 Å². The molecule has 1 unspecified atom stereocenters. The zero-order valence-electron chi connectivity index (χ0n) is 19.3. The van der Waals surface area contributed by atoms with E-state index in [0.29, 0.717) is 35.6 Å². The Hall–Kier alpha value is -3.32. The number of aromatic amines is 1. The maximum Gasteiger partial charge on any atom is 0.256 e. The second-order valence-electron chi connectivity index (χ2n) is 9.67. The van der Waals surface area contributed by atoms with Crippen molar-refractivity contribution in [3.8, 4) is 0 Å². The number of H-pyrrole nitrogens is 1. The van der Waals surface area contributed by atoms with Crippen molar-refractivity contribution in [2.75, 3.05) is 6.54 Å². The van der Waals surface area contributed by atoms with Crippen LogP contribution in [0.5, 0.6) is 0 Å². The molecule has 0 saturated heterocycles. The third kappa shape index (κ3) is 3.94. The summed E-state index contributed by atoms with van der Waals surface area (Å²) in [5.41, 5.74) is 2.79. The normalized spacial score (nSPS) is 17.4. The zero-order valence-corrected chi connectivity index (χ0v) is 19.3. The maximum absolute atomic E-state index is 13.8. The van der Waals surface area contributed by atoms with Crippen LogP contribution >= 0.6 is 0 Å². The van der Waals surface area contributed by atoms with E-state index in [1.807, 2.05) is 24.3 Å². The number of fused-ring (bicyclic) bond motifs is 1. The number of nitrogens with one attached hydrogen (secondary N) is 1. The van der Waals surface area contributed by atoms with Crippen molar-refractivity contribution in [2.45, 2.75) is 57.1 Å². The lowest BCUT2D eigenvalue weighted by atomic mass is 9.94. The van der Waals surface area contributed by atoms with Crippen LogP contribution in [0, 0.1) is 5.82 Å². The molecule has 2 N–H and O–H groups in total. The number of carbonyl (C=O) groups excluding carboxylic acids is 1. The van der Waals surface area contributed by atoms with Gasteiger partial charge in [-0.3, -0.25) is 9.59 Å². The fourth-order valence-corrected chi connectivity index (χ4v) is 4.82. The number of aliphatic hydroxyl groups excluding tert-OH is 1. The monoisotopic (exact) mass is 461 g/mol. The highest BCUT2D eigenvalue weighted by Gasteiger charge is 2.49.